The fourth-order valence-corrected chi connectivity index (χ4v) is 4.59. The molecule has 1 aliphatic heterocycles. The van der Waals surface area contributed by atoms with Crippen LogP contribution in [0.5, 0.6) is 0 Å². The first kappa shape index (κ1) is 16.9. The van der Waals surface area contributed by atoms with Crippen molar-refractivity contribution in [1.29, 1.82) is 0 Å². The van der Waals surface area contributed by atoms with Gasteiger partial charge in [-0.2, -0.15) is 0 Å². The van der Waals surface area contributed by atoms with Crippen LogP contribution in [0, 0.1) is 0 Å². The van der Waals surface area contributed by atoms with Gasteiger partial charge in [0.15, 0.2) is 0 Å². The van der Waals surface area contributed by atoms with E-state index in [1.54, 1.807) is 4.31 Å². The summed E-state index contributed by atoms with van der Waals surface area (Å²) in [7, 11) is -3.03. The van der Waals surface area contributed by atoms with E-state index >= 15 is 0 Å². The van der Waals surface area contributed by atoms with E-state index in [1.807, 2.05) is 25.1 Å². The zero-order chi connectivity index (χ0) is 15.3. The van der Waals surface area contributed by atoms with E-state index in [9.17, 15) is 8.42 Å². The summed E-state index contributed by atoms with van der Waals surface area (Å²) in [5.41, 5.74) is 1.23. The molecule has 1 heterocycles. The summed E-state index contributed by atoms with van der Waals surface area (Å²) in [6.45, 7) is 3.99. The second-order valence-electron chi connectivity index (χ2n) is 5.46. The van der Waals surface area contributed by atoms with Gasteiger partial charge < -0.3 is 5.32 Å². The topological polar surface area (TPSA) is 49.4 Å². The molecule has 21 heavy (non-hydrogen) atoms. The van der Waals surface area contributed by atoms with E-state index in [1.165, 1.54) is 5.56 Å². The van der Waals surface area contributed by atoms with Crippen molar-refractivity contribution in [2.24, 2.45) is 0 Å². The number of rotatable bonds is 6. The van der Waals surface area contributed by atoms with Gasteiger partial charge >= 0.3 is 0 Å². The lowest BCUT2D eigenvalue weighted by Gasteiger charge is -2.31. The number of hydrogen-bond donors (Lipinski definition) is 1. The molecule has 0 bridgehead atoms. The van der Waals surface area contributed by atoms with Gasteiger partial charge in [0.05, 0.1) is 5.75 Å². The molecule has 0 aliphatic carbocycles. The van der Waals surface area contributed by atoms with Crippen LogP contribution in [0.15, 0.2) is 28.7 Å². The average Bonchev–Trinajstić information content (AvgIpc) is 2.47. The molecule has 0 saturated carbocycles. The molecule has 1 N–H and O–H groups in total. The molecule has 0 radical (unpaired) electrons. The maximum absolute atomic E-state index is 12.0. The fourth-order valence-electron chi connectivity index (χ4n) is 2.62. The Labute approximate surface area is 136 Å². The van der Waals surface area contributed by atoms with Crippen LogP contribution in [0.25, 0.3) is 0 Å². The highest BCUT2D eigenvalue weighted by Crippen LogP contribution is 2.18. The lowest BCUT2D eigenvalue weighted by atomic mass is 10.1. The van der Waals surface area contributed by atoms with E-state index in [0.717, 1.165) is 23.9 Å². The minimum absolute atomic E-state index is 0.266. The van der Waals surface area contributed by atoms with Gasteiger partial charge in [0.25, 0.3) is 0 Å². The second kappa shape index (κ2) is 7.72. The van der Waals surface area contributed by atoms with Gasteiger partial charge in [0.1, 0.15) is 0 Å². The summed E-state index contributed by atoms with van der Waals surface area (Å²) in [6.07, 6.45) is 2.45. The van der Waals surface area contributed by atoms with E-state index in [4.69, 9.17) is 0 Å². The normalized spacial score (nSPS) is 18.0. The number of hydrogen-bond acceptors (Lipinski definition) is 3. The first-order valence-electron chi connectivity index (χ1n) is 7.47. The van der Waals surface area contributed by atoms with Crippen molar-refractivity contribution < 1.29 is 8.42 Å². The van der Waals surface area contributed by atoms with Crippen LogP contribution in [0.3, 0.4) is 0 Å². The summed E-state index contributed by atoms with van der Waals surface area (Å²) in [5.74, 6) is 0.266. The van der Waals surface area contributed by atoms with Crippen LogP contribution in [0.4, 0.5) is 0 Å². The zero-order valence-electron chi connectivity index (χ0n) is 12.4. The van der Waals surface area contributed by atoms with Gasteiger partial charge in [-0.15, -0.1) is 0 Å². The fraction of sp³-hybridized carbons (Fsp3) is 0.600. The van der Waals surface area contributed by atoms with Crippen LogP contribution in [0.2, 0.25) is 0 Å². The standard InChI is InChI=1S/C15H23BrN2O2S/c1-2-11-21(19,20)18-9-7-14(8-10-18)17-12-13-5-3-4-6-15(13)16/h3-6,14,17H,2,7-12H2,1H3. The third-order valence-corrected chi connectivity index (χ3v) is 6.70. The number of benzene rings is 1. The Hall–Kier alpha value is -0.430. The van der Waals surface area contributed by atoms with E-state index in [-0.39, 0.29) is 5.75 Å². The van der Waals surface area contributed by atoms with Crippen LogP contribution < -0.4 is 5.32 Å². The summed E-state index contributed by atoms with van der Waals surface area (Å²) in [5, 5.41) is 3.53. The predicted octanol–water partition coefficient (Wildman–Crippen LogP) is 2.74. The van der Waals surface area contributed by atoms with Crippen LogP contribution in [-0.4, -0.2) is 37.6 Å². The summed E-state index contributed by atoms with van der Waals surface area (Å²) < 4.78 is 26.8. The van der Waals surface area contributed by atoms with Crippen molar-refractivity contribution in [2.45, 2.75) is 38.8 Å². The molecule has 0 atom stereocenters. The van der Waals surface area contributed by atoms with Gasteiger partial charge in [-0.25, -0.2) is 12.7 Å². The van der Waals surface area contributed by atoms with Crippen molar-refractivity contribution >= 4 is 26.0 Å². The van der Waals surface area contributed by atoms with E-state index in [0.29, 0.717) is 25.6 Å². The number of sulfonamides is 1. The maximum Gasteiger partial charge on any atom is 0.214 e. The lowest BCUT2D eigenvalue weighted by molar-refractivity contribution is 0.288. The summed E-state index contributed by atoms with van der Waals surface area (Å²) in [6, 6.07) is 8.56. The highest BCUT2D eigenvalue weighted by molar-refractivity contribution is 9.10. The Bertz CT molecular complexity index is 555. The molecule has 6 heteroatoms. The predicted molar refractivity (Wildman–Crippen MR) is 89.7 cm³/mol. The minimum atomic E-state index is -3.03. The molecule has 0 spiro atoms. The minimum Gasteiger partial charge on any atom is -0.310 e. The van der Waals surface area contributed by atoms with Crippen molar-refractivity contribution in [1.82, 2.24) is 9.62 Å². The zero-order valence-corrected chi connectivity index (χ0v) is 14.8. The van der Waals surface area contributed by atoms with Crippen LogP contribution in [-0.2, 0) is 16.6 Å². The third-order valence-electron chi connectivity index (χ3n) is 3.85. The van der Waals surface area contributed by atoms with Crippen LogP contribution >= 0.6 is 15.9 Å². The van der Waals surface area contributed by atoms with Crippen molar-refractivity contribution in [3.63, 3.8) is 0 Å². The maximum atomic E-state index is 12.0. The van der Waals surface area contributed by atoms with Crippen molar-refractivity contribution in [3.8, 4) is 0 Å². The quantitative estimate of drug-likeness (QED) is 0.832. The molecular weight excluding hydrogens is 352 g/mol. The SMILES string of the molecule is CCCS(=O)(=O)N1CCC(NCc2ccccc2Br)CC1. The molecule has 1 saturated heterocycles. The van der Waals surface area contributed by atoms with Crippen molar-refractivity contribution in [2.75, 3.05) is 18.8 Å². The average molecular weight is 375 g/mol. The van der Waals surface area contributed by atoms with Gasteiger partial charge in [-0.1, -0.05) is 41.1 Å². The summed E-state index contributed by atoms with van der Waals surface area (Å²) >= 11 is 3.55. The number of piperidine rings is 1. The molecular formula is C15H23BrN2O2S. The van der Waals surface area contributed by atoms with Gasteiger partial charge in [0, 0.05) is 30.1 Å². The highest BCUT2D eigenvalue weighted by atomic mass is 79.9. The summed E-state index contributed by atoms with van der Waals surface area (Å²) in [4.78, 5) is 0. The second-order valence-corrected chi connectivity index (χ2v) is 8.40. The van der Waals surface area contributed by atoms with Gasteiger partial charge in [-0.3, -0.25) is 0 Å². The van der Waals surface area contributed by atoms with Gasteiger partial charge in [-0.05, 0) is 30.9 Å². The first-order chi connectivity index (χ1) is 10.0. The van der Waals surface area contributed by atoms with Crippen LogP contribution in [0.1, 0.15) is 31.7 Å². The van der Waals surface area contributed by atoms with Gasteiger partial charge in [0.2, 0.25) is 10.0 Å². The Kier molecular flexibility index (Phi) is 6.22. The largest absolute Gasteiger partial charge is 0.310 e. The molecule has 0 aromatic heterocycles. The smallest absolute Gasteiger partial charge is 0.214 e. The highest BCUT2D eigenvalue weighted by Gasteiger charge is 2.26. The molecule has 1 aliphatic rings. The molecule has 1 fully saturated rings. The number of nitrogens with one attached hydrogen (secondary N) is 1. The molecule has 1 aromatic rings. The molecule has 1 aromatic carbocycles. The Morgan fingerprint density at radius 2 is 1.95 bits per heavy atom. The van der Waals surface area contributed by atoms with Crippen molar-refractivity contribution in [3.05, 3.63) is 34.3 Å². The van der Waals surface area contributed by atoms with E-state index in [2.05, 4.69) is 27.3 Å². The van der Waals surface area contributed by atoms with E-state index < -0.39 is 10.0 Å². The number of halogens is 1. The molecule has 4 nitrogen and oxygen atoms in total. The molecule has 0 amide bonds. The molecule has 0 unspecified atom stereocenters. The first-order valence-corrected chi connectivity index (χ1v) is 9.87. The Morgan fingerprint density at radius 3 is 2.57 bits per heavy atom. The Morgan fingerprint density at radius 1 is 1.29 bits per heavy atom. The Balaban J connectivity index is 1.81. The molecule has 2 rings (SSSR count). The third kappa shape index (κ3) is 4.77. The monoisotopic (exact) mass is 374 g/mol. The molecule has 118 valence electrons. The lowest BCUT2D eigenvalue weighted by Crippen LogP contribution is -2.45. The number of nitrogens with zero attached hydrogens (tertiary/aromatic N) is 1.